The third kappa shape index (κ3) is 5.42. The number of aromatic nitrogens is 2. The van der Waals surface area contributed by atoms with Crippen LogP contribution in [0.2, 0.25) is 5.02 Å². The molecule has 0 N–H and O–H groups in total. The van der Waals surface area contributed by atoms with E-state index in [4.69, 9.17) is 26.2 Å². The van der Waals surface area contributed by atoms with Gasteiger partial charge in [-0.1, -0.05) is 51.4 Å². The van der Waals surface area contributed by atoms with Gasteiger partial charge in [-0.15, -0.1) is 11.8 Å². The third-order valence-electron chi connectivity index (χ3n) is 7.98. The van der Waals surface area contributed by atoms with Crippen molar-refractivity contribution in [1.29, 1.82) is 0 Å². The molecule has 1 saturated heterocycles. The van der Waals surface area contributed by atoms with Crippen LogP contribution in [0.1, 0.15) is 62.6 Å². The van der Waals surface area contributed by atoms with E-state index in [1.165, 1.54) is 0 Å². The fourth-order valence-corrected chi connectivity index (χ4v) is 7.07. The Kier molecular flexibility index (Phi) is 7.44. The molecule has 0 unspecified atom stereocenters. The van der Waals surface area contributed by atoms with Crippen LogP contribution in [-0.4, -0.2) is 58.7 Å². The van der Waals surface area contributed by atoms with E-state index >= 15 is 0 Å². The van der Waals surface area contributed by atoms with Crippen LogP contribution in [0.25, 0.3) is 5.69 Å². The van der Waals surface area contributed by atoms with Crippen LogP contribution >= 0.6 is 23.4 Å². The van der Waals surface area contributed by atoms with Gasteiger partial charge in [0.15, 0.2) is 11.5 Å². The fourth-order valence-electron chi connectivity index (χ4n) is 5.69. The maximum atomic E-state index is 13.9. The Balaban J connectivity index is 1.53. The maximum absolute atomic E-state index is 13.9. The number of anilines is 1. The number of carbonyl (C=O) groups is 2. The fraction of sp³-hybridized carbons (Fsp3) is 0.452. The Labute approximate surface area is 249 Å². The summed E-state index contributed by atoms with van der Waals surface area (Å²) in [7, 11) is 0. The number of likely N-dealkylation sites (tertiary alicyclic amines) is 1. The molecule has 1 atom stereocenters. The van der Waals surface area contributed by atoms with Crippen molar-refractivity contribution in [3.05, 3.63) is 64.3 Å². The van der Waals surface area contributed by atoms with Crippen LogP contribution in [0, 0.1) is 5.92 Å². The van der Waals surface area contributed by atoms with Gasteiger partial charge >= 0.3 is 0 Å². The summed E-state index contributed by atoms with van der Waals surface area (Å²) in [4.78, 5) is 31.2. The topological polar surface area (TPSA) is 76.9 Å². The van der Waals surface area contributed by atoms with Crippen LogP contribution in [0.5, 0.6) is 11.5 Å². The number of benzene rings is 2. The molecule has 216 valence electrons. The molecule has 0 bridgehead atoms. The Morgan fingerprint density at radius 3 is 2.59 bits per heavy atom. The molecule has 4 heterocycles. The molecule has 6 rings (SSSR count). The highest BCUT2D eigenvalue weighted by atomic mass is 35.5. The lowest BCUT2D eigenvalue weighted by molar-refractivity contribution is -0.132. The van der Waals surface area contributed by atoms with Crippen molar-refractivity contribution in [1.82, 2.24) is 14.7 Å². The van der Waals surface area contributed by atoms with Gasteiger partial charge in [-0.2, -0.15) is 5.10 Å². The first-order chi connectivity index (χ1) is 19.6. The van der Waals surface area contributed by atoms with Crippen molar-refractivity contribution in [3.8, 4) is 17.2 Å². The first-order valence-electron chi connectivity index (χ1n) is 14.1. The Morgan fingerprint density at radius 1 is 1.10 bits per heavy atom. The van der Waals surface area contributed by atoms with E-state index in [0.29, 0.717) is 41.3 Å². The van der Waals surface area contributed by atoms with E-state index in [1.54, 1.807) is 21.3 Å². The number of ether oxygens (including phenoxy) is 2. The first-order valence-corrected chi connectivity index (χ1v) is 15.5. The zero-order valence-electron chi connectivity index (χ0n) is 23.9. The molecule has 0 spiro atoms. The van der Waals surface area contributed by atoms with Gasteiger partial charge in [-0.05, 0) is 54.7 Å². The SMILES string of the molecule is CC1CCN(C(=O)CN2C(=O)CS[C@H](c3ccc4c(c3)OCO4)c3c(C(C)(C)C)nn(-c4cccc(Cl)c4)c32)CC1. The average Bonchev–Trinajstić information content (AvgIpc) is 3.54. The molecular formula is C31H35ClN4O4S. The molecule has 41 heavy (non-hydrogen) atoms. The molecule has 2 amide bonds. The van der Waals surface area contributed by atoms with Gasteiger partial charge in [0.05, 0.1) is 22.4 Å². The van der Waals surface area contributed by atoms with Gasteiger partial charge in [0, 0.05) is 29.1 Å². The first kappa shape index (κ1) is 28.0. The zero-order valence-corrected chi connectivity index (χ0v) is 25.4. The molecule has 3 aliphatic heterocycles. The van der Waals surface area contributed by atoms with Crippen molar-refractivity contribution in [2.75, 3.05) is 37.1 Å². The van der Waals surface area contributed by atoms with Crippen LogP contribution < -0.4 is 14.4 Å². The van der Waals surface area contributed by atoms with E-state index in [-0.39, 0.29) is 41.6 Å². The summed E-state index contributed by atoms with van der Waals surface area (Å²) in [5.74, 6) is 2.66. The number of thioether (sulfide) groups is 1. The standard InChI is InChI=1S/C31H35ClN4O4S/c1-19-10-12-34(13-11-19)25(37)16-35-26(38)17-41-28(20-8-9-23-24(14-20)40-18-39-23)27-29(31(2,3)4)33-36(30(27)35)22-7-5-6-21(32)15-22/h5-9,14-15,19,28H,10-13,16-18H2,1-4H3/t28-/m1/s1. The third-order valence-corrected chi connectivity index (χ3v) is 9.47. The van der Waals surface area contributed by atoms with Gasteiger partial charge in [0.2, 0.25) is 18.6 Å². The summed E-state index contributed by atoms with van der Waals surface area (Å²) in [5, 5.41) is 5.49. The molecular weight excluding hydrogens is 560 g/mol. The summed E-state index contributed by atoms with van der Waals surface area (Å²) >= 11 is 7.99. The molecule has 10 heteroatoms. The van der Waals surface area contributed by atoms with Gasteiger partial charge in [0.1, 0.15) is 12.4 Å². The summed E-state index contributed by atoms with van der Waals surface area (Å²) in [5.41, 5.74) is 3.16. The number of piperidine rings is 1. The minimum atomic E-state index is -0.352. The number of nitrogens with zero attached hydrogens (tertiary/aromatic N) is 4. The number of halogens is 1. The monoisotopic (exact) mass is 594 g/mol. The molecule has 1 aromatic heterocycles. The maximum Gasteiger partial charge on any atom is 0.242 e. The lowest BCUT2D eigenvalue weighted by Crippen LogP contribution is -2.46. The number of carbonyl (C=O) groups excluding carboxylic acids is 2. The van der Waals surface area contributed by atoms with Crippen molar-refractivity contribution in [3.63, 3.8) is 0 Å². The molecule has 3 aromatic rings. The van der Waals surface area contributed by atoms with Crippen LogP contribution in [0.15, 0.2) is 42.5 Å². The number of amides is 2. The van der Waals surface area contributed by atoms with Crippen molar-refractivity contribution in [2.45, 2.75) is 51.2 Å². The summed E-state index contributed by atoms with van der Waals surface area (Å²) < 4.78 is 13.1. The lowest BCUT2D eigenvalue weighted by atomic mass is 9.87. The van der Waals surface area contributed by atoms with Crippen LogP contribution in [-0.2, 0) is 15.0 Å². The quantitative estimate of drug-likeness (QED) is 0.370. The van der Waals surface area contributed by atoms with Gasteiger partial charge in [0.25, 0.3) is 0 Å². The summed E-state index contributed by atoms with van der Waals surface area (Å²) in [6.45, 7) is 10.2. The van der Waals surface area contributed by atoms with Crippen molar-refractivity contribution >= 4 is 41.0 Å². The highest BCUT2D eigenvalue weighted by Crippen LogP contribution is 2.50. The second-order valence-electron chi connectivity index (χ2n) is 12.1. The number of fused-ring (bicyclic) bond motifs is 2. The average molecular weight is 595 g/mol. The second kappa shape index (κ2) is 10.9. The predicted octanol–water partition coefficient (Wildman–Crippen LogP) is 5.98. The number of hydrogen-bond donors (Lipinski definition) is 0. The molecule has 0 radical (unpaired) electrons. The molecule has 8 nitrogen and oxygen atoms in total. The predicted molar refractivity (Wildman–Crippen MR) is 161 cm³/mol. The van der Waals surface area contributed by atoms with E-state index in [9.17, 15) is 9.59 Å². The smallest absolute Gasteiger partial charge is 0.242 e. The Morgan fingerprint density at radius 2 is 1.85 bits per heavy atom. The highest BCUT2D eigenvalue weighted by Gasteiger charge is 2.41. The molecule has 0 aliphatic carbocycles. The van der Waals surface area contributed by atoms with Crippen molar-refractivity contribution in [2.24, 2.45) is 5.92 Å². The van der Waals surface area contributed by atoms with E-state index in [0.717, 1.165) is 35.3 Å². The second-order valence-corrected chi connectivity index (χ2v) is 13.6. The molecule has 1 fully saturated rings. The summed E-state index contributed by atoms with van der Waals surface area (Å²) in [6.07, 6.45) is 1.95. The van der Waals surface area contributed by atoms with Gasteiger partial charge < -0.3 is 14.4 Å². The van der Waals surface area contributed by atoms with Crippen molar-refractivity contribution < 1.29 is 19.1 Å². The normalized spacial score (nSPS) is 19.3. The van der Waals surface area contributed by atoms with Crippen LogP contribution in [0.3, 0.4) is 0 Å². The Hall–Kier alpha value is -3.17. The lowest BCUT2D eigenvalue weighted by Gasteiger charge is -2.32. The summed E-state index contributed by atoms with van der Waals surface area (Å²) in [6, 6.07) is 13.4. The van der Waals surface area contributed by atoms with Gasteiger partial charge in [-0.25, -0.2) is 4.68 Å². The van der Waals surface area contributed by atoms with Gasteiger partial charge in [-0.3, -0.25) is 14.5 Å². The van der Waals surface area contributed by atoms with E-state index in [2.05, 4.69) is 27.7 Å². The van der Waals surface area contributed by atoms with E-state index in [1.807, 2.05) is 47.4 Å². The zero-order chi connectivity index (χ0) is 28.9. The number of hydrogen-bond acceptors (Lipinski definition) is 6. The minimum Gasteiger partial charge on any atom is -0.454 e. The largest absolute Gasteiger partial charge is 0.454 e. The number of rotatable bonds is 4. The molecule has 0 saturated carbocycles. The highest BCUT2D eigenvalue weighted by molar-refractivity contribution is 8.00. The Bertz CT molecular complexity index is 1490. The van der Waals surface area contributed by atoms with E-state index < -0.39 is 0 Å². The minimum absolute atomic E-state index is 0.0372. The van der Waals surface area contributed by atoms with Crippen LogP contribution in [0.4, 0.5) is 5.82 Å². The molecule has 3 aliphatic rings. The molecule has 2 aromatic carbocycles.